The van der Waals surface area contributed by atoms with Crippen LogP contribution in [0.2, 0.25) is 54.4 Å². The summed E-state index contributed by atoms with van der Waals surface area (Å²) < 4.78 is 64.1. The average molecular weight is 1210 g/mol. The van der Waals surface area contributed by atoms with Crippen molar-refractivity contribution in [1.82, 2.24) is 0 Å². The molecule has 0 aromatic rings. The molecule has 5 aliphatic heterocycles. The average Bonchev–Trinajstić information content (AvgIpc) is 3.81. The van der Waals surface area contributed by atoms with Gasteiger partial charge >= 0.3 is 0 Å². The van der Waals surface area contributed by atoms with Crippen LogP contribution < -0.4 is 0 Å². The van der Waals surface area contributed by atoms with Crippen LogP contribution in [-0.4, -0.2) is 152 Å². The SMILES string of the molecule is C=C1C(CC2OC(C[C@@H](CO[Si](C)(C)C(C)(C)C)O[Si](C)(C)C(C)(C)C)[C@H](OC)[C@H]2SCCC2CC[C@@H]3O[C@@H]([C@H](/C=C/I)O[Si](C)(C)C(C)(C)C)C[C@@H](O)[C@H]3O2)O[C@@H](CC[C@@H]2O[C@@H](CCCO)CC2=C)C[C@H]1C. The smallest absolute Gasteiger partial charge is 0.193 e. The summed E-state index contributed by atoms with van der Waals surface area (Å²) in [6.45, 7) is 46.5. The van der Waals surface area contributed by atoms with Crippen molar-refractivity contribution in [2.75, 3.05) is 26.1 Å². The number of ether oxygens (including phenoxy) is 6. The highest BCUT2D eigenvalue weighted by Crippen LogP contribution is 2.46. The van der Waals surface area contributed by atoms with Crippen molar-refractivity contribution < 1.29 is 51.9 Å². The van der Waals surface area contributed by atoms with E-state index in [4.69, 9.17) is 41.7 Å². The van der Waals surface area contributed by atoms with Gasteiger partial charge in [-0.25, -0.2) is 0 Å². The molecule has 0 radical (unpaired) electrons. The molecule has 4 unspecified atom stereocenters. The molecule has 5 fully saturated rings. The molecule has 0 aromatic heterocycles. The first-order chi connectivity index (χ1) is 33.8. The third-order valence-corrected chi connectivity index (χ3v) is 33.7. The van der Waals surface area contributed by atoms with E-state index in [2.05, 4.69) is 150 Å². The van der Waals surface area contributed by atoms with Crippen molar-refractivity contribution >= 4 is 59.3 Å². The monoisotopic (exact) mass is 1210 g/mol. The summed E-state index contributed by atoms with van der Waals surface area (Å²) in [5.74, 6) is 1.17. The fraction of sp³-hybridized carbons (Fsp3) is 0.895. The van der Waals surface area contributed by atoms with Gasteiger partial charge in [0.1, 0.15) is 6.10 Å². The Hall–Kier alpha value is 0.511. The normalized spacial score (nSPS) is 34.2. The van der Waals surface area contributed by atoms with E-state index in [1.165, 1.54) is 0 Å². The predicted molar refractivity (Wildman–Crippen MR) is 317 cm³/mol. The van der Waals surface area contributed by atoms with E-state index in [9.17, 15) is 10.2 Å². The quantitative estimate of drug-likeness (QED) is 0.0543. The first kappa shape index (κ1) is 64.3. The van der Waals surface area contributed by atoms with Gasteiger partial charge in [-0.3, -0.25) is 0 Å². The first-order valence-corrected chi connectivity index (χ1v) is 39.2. The molecule has 424 valence electrons. The number of methoxy groups -OCH3 is 1. The van der Waals surface area contributed by atoms with E-state index in [1.54, 1.807) is 0 Å². The number of hydrogen-bond donors (Lipinski definition) is 2. The second kappa shape index (κ2) is 26.9. The number of thioether (sulfide) groups is 1. The van der Waals surface area contributed by atoms with E-state index in [1.807, 2.05) is 23.0 Å². The van der Waals surface area contributed by atoms with Gasteiger partial charge in [0.25, 0.3) is 0 Å². The van der Waals surface area contributed by atoms with Gasteiger partial charge in [-0.15, -0.1) is 0 Å². The third-order valence-electron chi connectivity index (χ3n) is 18.4. The number of fused-ring (bicyclic) bond motifs is 1. The van der Waals surface area contributed by atoms with Crippen molar-refractivity contribution in [2.45, 2.75) is 291 Å². The Bertz CT molecular complexity index is 1780. The Morgan fingerprint density at radius 2 is 1.41 bits per heavy atom. The number of hydrogen-bond acceptors (Lipinski definition) is 12. The van der Waals surface area contributed by atoms with Crippen LogP contribution in [0.1, 0.15) is 146 Å². The first-order valence-electron chi connectivity index (χ1n) is 28.1. The Labute approximate surface area is 466 Å². The largest absolute Gasteiger partial charge is 0.414 e. The number of halogens is 1. The summed E-state index contributed by atoms with van der Waals surface area (Å²) in [5, 5.41) is 21.3. The topological polar surface area (TPSA) is 124 Å². The molecule has 5 saturated heterocycles. The summed E-state index contributed by atoms with van der Waals surface area (Å²) in [6, 6.07) is 0. The van der Waals surface area contributed by atoms with Gasteiger partial charge in [-0.05, 0) is 145 Å². The minimum Gasteiger partial charge on any atom is -0.414 e. The molecule has 2 N–H and O–H groups in total. The summed E-state index contributed by atoms with van der Waals surface area (Å²) in [5.41, 5.74) is 2.29. The van der Waals surface area contributed by atoms with E-state index >= 15 is 0 Å². The van der Waals surface area contributed by atoms with Crippen LogP contribution in [-0.2, 0) is 41.7 Å². The highest BCUT2D eigenvalue weighted by molar-refractivity contribution is 14.1. The number of rotatable bonds is 24. The highest BCUT2D eigenvalue weighted by atomic mass is 127. The van der Waals surface area contributed by atoms with Gasteiger partial charge in [0, 0.05) is 33.0 Å². The molecule has 16 atom stereocenters. The van der Waals surface area contributed by atoms with Crippen molar-refractivity contribution in [3.63, 3.8) is 0 Å². The standard InChI is InChI=1S/C57H105IO11SSi3/c1-37-31-42(23-24-45-38(2)32-41(63-45)21-20-29-59)64-48(39(37)3)35-51-54(53(61-13)50(67-51)33-43(68-72(16,17)56(7,8)9)36-62-71(14,15)55(4,5)6)70-30-27-40-22-25-47-52(65-40)44(60)34-49(66-47)46(26-28-58)69-73(18,19)57(10,11)12/h26,28,37,40-54,59-60H,2-3,20-25,27,29-36H2,1,4-19H3/b28-26+/t37-,40?,41+,42+,43+,44-,45+,46+,47+,48?,49-,50?,51?,52-,53+,54+/m1/s1. The second-order valence-corrected chi connectivity index (χ2v) is 43.4. The van der Waals surface area contributed by atoms with E-state index in [-0.39, 0.29) is 106 Å². The summed E-state index contributed by atoms with van der Waals surface area (Å²) in [6.07, 6.45) is 9.49. The number of aliphatic hydroxyl groups is 2. The summed E-state index contributed by atoms with van der Waals surface area (Å²) in [4.78, 5) is 0. The molecule has 0 aromatic carbocycles. The molecule has 0 amide bonds. The molecule has 73 heavy (non-hydrogen) atoms. The van der Waals surface area contributed by atoms with Gasteiger partial charge in [-0.2, -0.15) is 11.8 Å². The van der Waals surface area contributed by atoms with Crippen molar-refractivity contribution in [3.8, 4) is 0 Å². The fourth-order valence-corrected chi connectivity index (χ4v) is 16.1. The van der Waals surface area contributed by atoms with E-state index in [0.29, 0.717) is 31.8 Å². The van der Waals surface area contributed by atoms with Gasteiger partial charge in [0.15, 0.2) is 25.0 Å². The Morgan fingerprint density at radius 1 is 0.767 bits per heavy atom. The molecule has 0 bridgehead atoms. The lowest BCUT2D eigenvalue weighted by Gasteiger charge is -2.47. The Balaban J connectivity index is 1.32. The molecule has 5 aliphatic rings. The fourth-order valence-electron chi connectivity index (χ4n) is 10.5. The molecule has 5 rings (SSSR count). The minimum atomic E-state index is -2.20. The zero-order valence-electron chi connectivity index (χ0n) is 48.8. The zero-order valence-corrected chi connectivity index (χ0v) is 54.7. The predicted octanol–water partition coefficient (Wildman–Crippen LogP) is 13.5. The van der Waals surface area contributed by atoms with Crippen molar-refractivity contribution in [1.29, 1.82) is 0 Å². The van der Waals surface area contributed by atoms with E-state index < -0.39 is 31.1 Å². The lowest BCUT2D eigenvalue weighted by atomic mass is 9.84. The molecular formula is C57H105IO11SSi3. The molecule has 5 heterocycles. The molecule has 0 aliphatic carbocycles. The van der Waals surface area contributed by atoms with Crippen LogP contribution in [0.15, 0.2) is 34.5 Å². The molecule has 0 spiro atoms. The van der Waals surface area contributed by atoms with Crippen LogP contribution in [0.4, 0.5) is 0 Å². The maximum atomic E-state index is 11.7. The number of aliphatic hydroxyl groups excluding tert-OH is 2. The molecule has 11 nitrogen and oxygen atoms in total. The van der Waals surface area contributed by atoms with Crippen LogP contribution >= 0.6 is 34.4 Å². The lowest BCUT2D eigenvalue weighted by Crippen LogP contribution is -2.57. The van der Waals surface area contributed by atoms with Gasteiger partial charge in [0.2, 0.25) is 0 Å². The minimum absolute atomic E-state index is 0.0115. The molecular weight excluding hydrogens is 1100 g/mol. The zero-order chi connectivity index (χ0) is 54.5. The summed E-state index contributed by atoms with van der Waals surface area (Å²) >= 11 is 4.19. The highest BCUT2D eigenvalue weighted by Gasteiger charge is 2.51. The van der Waals surface area contributed by atoms with Gasteiger partial charge in [0.05, 0.1) is 91.2 Å². The molecule has 16 heteroatoms. The van der Waals surface area contributed by atoms with Gasteiger partial charge in [-0.1, -0.05) is 105 Å². The van der Waals surface area contributed by atoms with Crippen molar-refractivity contribution in [2.24, 2.45) is 5.92 Å². The van der Waals surface area contributed by atoms with Gasteiger partial charge < -0.3 is 51.9 Å². The van der Waals surface area contributed by atoms with E-state index in [0.717, 1.165) is 74.7 Å². The Morgan fingerprint density at radius 3 is 2.03 bits per heavy atom. The second-order valence-electron chi connectivity index (χ2n) is 27.1. The van der Waals surface area contributed by atoms with Crippen molar-refractivity contribution in [3.05, 3.63) is 34.5 Å². The molecule has 0 saturated carbocycles. The van der Waals surface area contributed by atoms with Crippen LogP contribution in [0.25, 0.3) is 0 Å². The van der Waals surface area contributed by atoms with Crippen LogP contribution in [0.5, 0.6) is 0 Å². The van der Waals surface area contributed by atoms with Crippen LogP contribution in [0, 0.1) is 5.92 Å². The Kier molecular flexibility index (Phi) is 23.7. The maximum absolute atomic E-state index is 11.7. The third kappa shape index (κ3) is 17.3. The lowest BCUT2D eigenvalue weighted by molar-refractivity contribution is -0.235. The maximum Gasteiger partial charge on any atom is 0.193 e. The summed E-state index contributed by atoms with van der Waals surface area (Å²) in [7, 11) is -4.53. The van der Waals surface area contributed by atoms with Crippen LogP contribution in [0.3, 0.4) is 0 Å².